The van der Waals surface area contributed by atoms with Crippen LogP contribution in [0.1, 0.15) is 199 Å². The summed E-state index contributed by atoms with van der Waals surface area (Å²) >= 11 is 30.6. The third kappa shape index (κ3) is 33.9. The van der Waals surface area contributed by atoms with E-state index in [2.05, 4.69) is 173 Å². The van der Waals surface area contributed by atoms with E-state index in [9.17, 15) is 19.2 Å². The molecule has 0 aliphatic heterocycles. The van der Waals surface area contributed by atoms with E-state index in [1.54, 1.807) is 31.7 Å². The van der Waals surface area contributed by atoms with Gasteiger partial charge in [0.05, 0.1) is 25.4 Å². The first-order chi connectivity index (χ1) is 50.6. The van der Waals surface area contributed by atoms with Gasteiger partial charge in [0.1, 0.15) is 28.9 Å². The first-order valence-corrected chi connectivity index (χ1v) is 37.2. The summed E-state index contributed by atoms with van der Waals surface area (Å²) in [5, 5.41) is 33.2. The molecule has 4 heterocycles. The Hall–Kier alpha value is -8.11. The van der Waals surface area contributed by atoms with E-state index in [1.165, 1.54) is 78.5 Å². The monoisotopic (exact) mass is 1590 g/mol. The van der Waals surface area contributed by atoms with Crippen molar-refractivity contribution in [1.29, 1.82) is 0 Å². The molecular weight excluding hydrogens is 1470 g/mol. The third-order valence-electron chi connectivity index (χ3n) is 17.1. The number of hydrogen-bond acceptors (Lipinski definition) is 10. The van der Waals surface area contributed by atoms with Crippen LogP contribution in [0.4, 0.5) is 4.39 Å². The van der Waals surface area contributed by atoms with Crippen LogP contribution in [0.15, 0.2) is 109 Å². The van der Waals surface area contributed by atoms with Gasteiger partial charge in [0.25, 0.3) is 0 Å². The van der Waals surface area contributed by atoms with E-state index in [0.717, 1.165) is 133 Å². The molecule has 0 radical (unpaired) electrons. The van der Waals surface area contributed by atoms with E-state index >= 15 is 0 Å². The number of halogens is 7. The minimum Gasteiger partial charge on any atom is -0.498 e. The molecule has 107 heavy (non-hydrogen) atoms. The molecule has 22 heteroatoms. The smallest absolute Gasteiger partial charge is 0.337 e. The number of aliphatic hydroxyl groups excluding tert-OH is 1. The number of aromatic amines is 1. The minimum absolute atomic E-state index is 0. The van der Waals surface area contributed by atoms with E-state index in [0.29, 0.717) is 11.8 Å². The van der Waals surface area contributed by atoms with Gasteiger partial charge in [0, 0.05) is 109 Å². The van der Waals surface area contributed by atoms with Crippen molar-refractivity contribution in [3.05, 3.63) is 288 Å². The SMILES string of the molecule is C.CCO.Cc1cc(C)c(CCl)c(C)c1.Cc1cc(C)c(CCl)c(C)c1C=O.Cc1cc(C)c(Cn2ccnc2C)c(C)c1/C=N/O.Cc1cc(C)c(Cn2ccnc2C)c(C)c1C#[N+][O-].Cc1cc(C)c(Cn2ccnc2C)c(C)c1C=O.Cc1cc(C)cc(C)c1.Cc1ncc[nH]1.ClCCl.ClCCl.[2H]CF. The summed E-state index contributed by atoms with van der Waals surface area (Å²) in [7, 11) is -1.00. The van der Waals surface area contributed by atoms with Crippen LogP contribution in [0, 0.1) is 164 Å². The van der Waals surface area contributed by atoms with Gasteiger partial charge in [-0.25, -0.2) is 19.9 Å². The maximum Gasteiger partial charge on any atom is 0.337 e. The van der Waals surface area contributed by atoms with Gasteiger partial charge in [0.15, 0.2) is 12.6 Å². The number of imidazole rings is 4. The number of aromatic nitrogens is 8. The van der Waals surface area contributed by atoms with Crippen LogP contribution in [0.3, 0.4) is 0 Å². The average Bonchev–Trinajstić information content (AvgIpc) is 1.26. The van der Waals surface area contributed by atoms with Crippen molar-refractivity contribution in [3.8, 4) is 6.07 Å². The van der Waals surface area contributed by atoms with Crippen LogP contribution in [0.5, 0.6) is 0 Å². The molecule has 4 aromatic heterocycles. The van der Waals surface area contributed by atoms with Crippen molar-refractivity contribution in [2.45, 2.75) is 198 Å². The zero-order chi connectivity index (χ0) is 81.8. The van der Waals surface area contributed by atoms with Crippen LogP contribution in [-0.4, -0.2) is 92.2 Å². The van der Waals surface area contributed by atoms with Gasteiger partial charge in [-0.1, -0.05) is 89.4 Å². The lowest BCUT2D eigenvalue weighted by atomic mass is 9.94. The molecule has 0 spiro atoms. The highest BCUT2D eigenvalue weighted by Gasteiger charge is 2.16. The molecule has 15 nitrogen and oxygen atoms in total. The fourth-order valence-electron chi connectivity index (χ4n) is 11.9. The number of hydrogen-bond donors (Lipinski definition) is 3. The fraction of sp³-hybridized carbons (Fsp3) is 0.388. The van der Waals surface area contributed by atoms with E-state index in [1.807, 2.05) is 114 Å². The molecule has 0 bridgehead atoms. The second-order valence-electron chi connectivity index (χ2n) is 25.1. The van der Waals surface area contributed by atoms with Crippen molar-refractivity contribution in [1.82, 2.24) is 38.6 Å². The number of benzene rings is 6. The normalized spacial score (nSPS) is 9.88. The highest BCUT2D eigenvalue weighted by atomic mass is 35.5. The highest BCUT2D eigenvalue weighted by Crippen LogP contribution is 2.27. The van der Waals surface area contributed by atoms with Gasteiger partial charge in [-0.15, -0.1) is 69.6 Å². The first-order valence-electron chi connectivity index (χ1n) is 34.7. The maximum atomic E-state index is 11.2. The van der Waals surface area contributed by atoms with Crippen molar-refractivity contribution < 1.29 is 25.7 Å². The van der Waals surface area contributed by atoms with Gasteiger partial charge >= 0.3 is 6.07 Å². The Labute approximate surface area is 669 Å². The molecule has 584 valence electrons. The summed E-state index contributed by atoms with van der Waals surface area (Å²) in [6.07, 6.45) is 18.2. The molecule has 10 rings (SSSR count). The zero-order valence-corrected chi connectivity index (χ0v) is 70.7. The summed E-state index contributed by atoms with van der Waals surface area (Å²) in [4.78, 5) is 41.4. The Morgan fingerprint density at radius 1 is 0.486 bits per heavy atom. The number of oxime groups is 1. The maximum absolute atomic E-state index is 11.2. The summed E-state index contributed by atoms with van der Waals surface area (Å²) in [6.45, 7) is 49.1. The Morgan fingerprint density at radius 3 is 1.07 bits per heavy atom. The largest absolute Gasteiger partial charge is 0.498 e. The van der Waals surface area contributed by atoms with Gasteiger partial charge in [-0.3, -0.25) is 14.0 Å². The molecular formula is C85H115Cl6FN10O5. The van der Waals surface area contributed by atoms with E-state index in [-0.39, 0.29) is 24.7 Å². The minimum atomic E-state index is -1.00. The molecule has 0 atom stereocenters. The summed E-state index contributed by atoms with van der Waals surface area (Å²) < 4.78 is 21.8. The number of aldehydes is 2. The van der Waals surface area contributed by atoms with Crippen LogP contribution in [-0.2, 0) is 31.4 Å². The topological polar surface area (TPSA) is 197 Å². The van der Waals surface area contributed by atoms with Crippen LogP contribution in [0.2, 0.25) is 0 Å². The van der Waals surface area contributed by atoms with Gasteiger partial charge in [0.2, 0.25) is 0 Å². The molecule has 10 aromatic rings. The number of alkyl halides is 7. The number of H-pyrrole nitrogens is 1. The Bertz CT molecular complexity index is 4340. The van der Waals surface area contributed by atoms with Crippen LogP contribution in [0.25, 0.3) is 5.01 Å². The van der Waals surface area contributed by atoms with Crippen LogP contribution < -0.4 is 0 Å². The first kappa shape index (κ1) is 98.9. The Balaban J connectivity index is 0. The fourth-order valence-corrected chi connectivity index (χ4v) is 12.8. The molecule has 0 aliphatic carbocycles. The number of nitrogens with zero attached hydrogens (tertiary/aromatic N) is 9. The lowest BCUT2D eigenvalue weighted by molar-refractivity contribution is 0.111. The van der Waals surface area contributed by atoms with Gasteiger partial charge in [-0.05, 0) is 265 Å². The predicted molar refractivity (Wildman–Crippen MR) is 454 cm³/mol. The number of rotatable bonds is 11. The second-order valence-corrected chi connectivity index (χ2v) is 27.2. The van der Waals surface area contributed by atoms with Gasteiger partial charge < -0.3 is 34.2 Å². The van der Waals surface area contributed by atoms with Crippen molar-refractivity contribution >= 4 is 88.4 Å². The number of aryl methyl sites for hydroxylation is 18. The summed E-state index contributed by atoms with van der Waals surface area (Å²) in [6, 6.07) is 21.7. The second kappa shape index (κ2) is 54.5. The molecule has 0 unspecified atom stereocenters. The molecule has 3 N–H and O–H groups in total. The molecule has 0 amide bonds. The van der Waals surface area contributed by atoms with Crippen molar-refractivity contribution in [2.75, 3.05) is 24.4 Å². The van der Waals surface area contributed by atoms with E-state index in [4.69, 9.17) is 81.3 Å². The zero-order valence-electron chi connectivity index (χ0n) is 67.2. The Morgan fingerprint density at radius 2 is 0.785 bits per heavy atom. The highest BCUT2D eigenvalue weighted by molar-refractivity contribution is 6.41. The van der Waals surface area contributed by atoms with E-state index < -0.39 is 7.15 Å². The molecule has 0 saturated heterocycles. The number of carbonyl (C=O) groups is 2. The molecule has 0 aliphatic rings. The molecule has 0 saturated carbocycles. The van der Waals surface area contributed by atoms with Gasteiger partial charge in [-0.2, -0.15) is 0 Å². The number of nitrogens with one attached hydrogen (secondary N) is 1. The quantitative estimate of drug-likeness (QED) is 0.0371. The summed E-state index contributed by atoms with van der Waals surface area (Å²) in [5.74, 6) is 5.02. The molecule has 0 fully saturated rings. The standard InChI is InChI=1S/C15H19N3O.C15H17N3O.C15H18N2O.C11H13ClO.C10H13Cl.C9H12.C4H6N2.C2H6O.2CH2Cl2.CH3F.CH4/c2*1-10-7-11(2)15(12(3)14(10)8-17-19)9-18-6-5-16-13(18)4;1-10-7-11(2)15(9-18)12(3)14(10)8-17-6-5-16-13(17)4;1-7-4-8(2)11(6-13)9(3)10(7)5-12;1-7-4-8(2)10(6-11)9(3)5-7;1-7-4-8(2)6-9(3)5-7;1-4-5-2-3-6-4;1-2-3;2*2-1-3;1-2;/h5-8,19H,9H2,1-4H3;5-7H,9H2,1-4H3;5-7,9H,8H2,1-4H3;4,6H,5H2,1-3H3;4-5H,6H2,1-3H3;4-6H,1-3H3;2-3H,1H3,(H,5,6);3H,2H2,1H3;2*1H2;1H3;1H4/b17-8+;;;;;;;;;;;/i;;;;;;;;;;1D;. The van der Waals surface area contributed by atoms with Crippen molar-refractivity contribution in [2.24, 2.45) is 5.16 Å². The molecule has 6 aromatic carbocycles. The Kier molecular flexibility index (Phi) is 50.3. The predicted octanol–water partition coefficient (Wildman–Crippen LogP) is 23.2. The average molecular weight is 1590 g/mol. The summed E-state index contributed by atoms with van der Waals surface area (Å²) in [5.41, 5.74) is 30.8. The number of aliphatic hydroxyl groups is 1. The lowest BCUT2D eigenvalue weighted by Gasteiger charge is -2.16. The number of carbonyl (C=O) groups excluding carboxylic acids is 2. The lowest BCUT2D eigenvalue weighted by Crippen LogP contribution is -2.07. The van der Waals surface area contributed by atoms with Crippen molar-refractivity contribution in [3.63, 3.8) is 0 Å². The van der Waals surface area contributed by atoms with Crippen LogP contribution >= 0.6 is 69.6 Å². The third-order valence-corrected chi connectivity index (χ3v) is 17.7.